The molecule has 122 valence electrons. The fourth-order valence-corrected chi connectivity index (χ4v) is 3.21. The molecule has 1 unspecified atom stereocenters. The zero-order valence-corrected chi connectivity index (χ0v) is 13.7. The predicted molar refractivity (Wildman–Crippen MR) is 82.3 cm³/mol. The second kappa shape index (κ2) is 7.56. The lowest BCUT2D eigenvalue weighted by molar-refractivity contribution is -0.151. The van der Waals surface area contributed by atoms with Crippen molar-refractivity contribution < 1.29 is 14.3 Å². The Morgan fingerprint density at radius 3 is 2.67 bits per heavy atom. The van der Waals surface area contributed by atoms with Crippen LogP contribution in [0, 0.1) is 0 Å². The zero-order valence-electron chi connectivity index (χ0n) is 13.7. The molecule has 0 aromatic carbocycles. The van der Waals surface area contributed by atoms with Crippen LogP contribution in [0.25, 0.3) is 0 Å². The van der Waals surface area contributed by atoms with Crippen molar-refractivity contribution >= 4 is 5.97 Å². The molecule has 0 amide bonds. The Bertz CT molecular complexity index is 340. The van der Waals surface area contributed by atoms with Crippen molar-refractivity contribution in [1.29, 1.82) is 0 Å². The van der Waals surface area contributed by atoms with Gasteiger partial charge in [-0.1, -0.05) is 0 Å². The van der Waals surface area contributed by atoms with Crippen molar-refractivity contribution in [2.75, 3.05) is 33.4 Å². The zero-order chi connectivity index (χ0) is 15.3. The highest BCUT2D eigenvalue weighted by atomic mass is 16.5. The highest BCUT2D eigenvalue weighted by Crippen LogP contribution is 2.25. The van der Waals surface area contributed by atoms with Gasteiger partial charge in [0.15, 0.2) is 0 Å². The first-order valence-corrected chi connectivity index (χ1v) is 8.22. The van der Waals surface area contributed by atoms with Crippen LogP contribution in [0.4, 0.5) is 0 Å². The fourth-order valence-electron chi connectivity index (χ4n) is 3.21. The summed E-state index contributed by atoms with van der Waals surface area (Å²) >= 11 is 0. The van der Waals surface area contributed by atoms with E-state index >= 15 is 0 Å². The van der Waals surface area contributed by atoms with Crippen LogP contribution in [0.1, 0.15) is 46.0 Å². The Morgan fingerprint density at radius 1 is 1.29 bits per heavy atom. The monoisotopic (exact) mass is 298 g/mol. The standard InChI is InChI=1S/C16H30N2O3/c1-16(2,20-3)8-12-21-15(19)14-5-4-11-18(14)13-6-9-17-10-7-13/h13-14,17H,4-12H2,1-3H3. The van der Waals surface area contributed by atoms with E-state index in [4.69, 9.17) is 9.47 Å². The number of carbonyl (C=O) groups is 1. The number of methoxy groups -OCH3 is 1. The van der Waals surface area contributed by atoms with E-state index in [0.29, 0.717) is 12.6 Å². The van der Waals surface area contributed by atoms with Gasteiger partial charge in [0.25, 0.3) is 0 Å². The van der Waals surface area contributed by atoms with Crippen molar-refractivity contribution in [3.8, 4) is 0 Å². The molecule has 2 rings (SSSR count). The smallest absolute Gasteiger partial charge is 0.323 e. The van der Waals surface area contributed by atoms with Crippen LogP contribution in [0.5, 0.6) is 0 Å². The lowest BCUT2D eigenvalue weighted by Gasteiger charge is -2.34. The van der Waals surface area contributed by atoms with E-state index < -0.39 is 0 Å². The quantitative estimate of drug-likeness (QED) is 0.754. The average Bonchev–Trinajstić information content (AvgIpc) is 2.97. The van der Waals surface area contributed by atoms with E-state index in [1.165, 1.54) is 0 Å². The van der Waals surface area contributed by atoms with E-state index in [1.54, 1.807) is 7.11 Å². The Kier molecular flexibility index (Phi) is 6.02. The van der Waals surface area contributed by atoms with Gasteiger partial charge in [0.1, 0.15) is 6.04 Å². The van der Waals surface area contributed by atoms with Gasteiger partial charge in [-0.25, -0.2) is 0 Å². The molecule has 5 heteroatoms. The van der Waals surface area contributed by atoms with E-state index in [9.17, 15) is 4.79 Å². The third-order valence-corrected chi connectivity index (χ3v) is 4.85. The summed E-state index contributed by atoms with van der Waals surface area (Å²) in [6, 6.07) is 0.514. The van der Waals surface area contributed by atoms with Crippen LogP contribution in [0.2, 0.25) is 0 Å². The van der Waals surface area contributed by atoms with Gasteiger partial charge in [-0.15, -0.1) is 0 Å². The van der Waals surface area contributed by atoms with Gasteiger partial charge in [0, 0.05) is 19.6 Å². The Hall–Kier alpha value is -0.650. The number of rotatable bonds is 6. The molecule has 0 bridgehead atoms. The third kappa shape index (κ3) is 4.66. The topological polar surface area (TPSA) is 50.8 Å². The van der Waals surface area contributed by atoms with Gasteiger partial charge in [-0.2, -0.15) is 0 Å². The van der Waals surface area contributed by atoms with Gasteiger partial charge in [-0.05, 0) is 59.2 Å². The first-order chi connectivity index (χ1) is 10.0. The van der Waals surface area contributed by atoms with E-state index in [-0.39, 0.29) is 17.6 Å². The first-order valence-electron chi connectivity index (χ1n) is 8.22. The molecule has 2 aliphatic rings. The summed E-state index contributed by atoms with van der Waals surface area (Å²) in [5, 5.41) is 3.38. The number of esters is 1. The molecule has 0 saturated carbocycles. The molecule has 5 nitrogen and oxygen atoms in total. The summed E-state index contributed by atoms with van der Waals surface area (Å²) in [6.45, 7) is 7.62. The largest absolute Gasteiger partial charge is 0.464 e. The van der Waals surface area contributed by atoms with Gasteiger partial charge >= 0.3 is 5.97 Å². The third-order valence-electron chi connectivity index (χ3n) is 4.85. The van der Waals surface area contributed by atoms with Crippen LogP contribution in [-0.2, 0) is 14.3 Å². The number of ether oxygens (including phenoxy) is 2. The van der Waals surface area contributed by atoms with Crippen molar-refractivity contribution in [1.82, 2.24) is 10.2 Å². The Morgan fingerprint density at radius 2 is 2.00 bits per heavy atom. The molecular formula is C16H30N2O3. The average molecular weight is 298 g/mol. The molecule has 21 heavy (non-hydrogen) atoms. The van der Waals surface area contributed by atoms with Gasteiger partial charge < -0.3 is 14.8 Å². The maximum atomic E-state index is 12.4. The maximum absolute atomic E-state index is 12.4. The molecule has 0 radical (unpaired) electrons. The van der Waals surface area contributed by atoms with E-state index in [1.807, 2.05) is 13.8 Å². The molecule has 0 aromatic rings. The van der Waals surface area contributed by atoms with Crippen LogP contribution in [-0.4, -0.2) is 61.9 Å². The summed E-state index contributed by atoms with van der Waals surface area (Å²) in [5.41, 5.74) is -0.231. The highest BCUT2D eigenvalue weighted by Gasteiger charge is 2.36. The van der Waals surface area contributed by atoms with Gasteiger partial charge in [-0.3, -0.25) is 9.69 Å². The van der Waals surface area contributed by atoms with Crippen LogP contribution in [0.3, 0.4) is 0 Å². The minimum atomic E-state index is -0.231. The number of likely N-dealkylation sites (tertiary alicyclic amines) is 1. The van der Waals surface area contributed by atoms with Crippen molar-refractivity contribution in [3.63, 3.8) is 0 Å². The Labute approximate surface area is 128 Å². The summed E-state index contributed by atoms with van der Waals surface area (Å²) < 4.78 is 10.9. The lowest BCUT2D eigenvalue weighted by Crippen LogP contribution is -2.48. The van der Waals surface area contributed by atoms with Crippen LogP contribution >= 0.6 is 0 Å². The number of nitrogens with one attached hydrogen (secondary N) is 1. The second-order valence-corrected chi connectivity index (χ2v) is 6.76. The molecule has 1 N–H and O–H groups in total. The molecule has 2 aliphatic heterocycles. The van der Waals surface area contributed by atoms with Gasteiger partial charge in [0.05, 0.1) is 12.2 Å². The number of carbonyl (C=O) groups excluding carboxylic acids is 1. The molecule has 2 heterocycles. The summed E-state index contributed by atoms with van der Waals surface area (Å²) in [4.78, 5) is 14.7. The Balaban J connectivity index is 1.80. The number of piperidine rings is 1. The molecule has 1 atom stereocenters. The molecule has 2 fully saturated rings. The predicted octanol–water partition coefficient (Wildman–Crippen LogP) is 1.56. The summed E-state index contributed by atoms with van der Waals surface area (Å²) in [6.07, 6.45) is 5.06. The highest BCUT2D eigenvalue weighted by molar-refractivity contribution is 5.76. The minimum absolute atomic E-state index is 0.0289. The van der Waals surface area contributed by atoms with E-state index in [0.717, 1.165) is 51.7 Å². The SMILES string of the molecule is COC(C)(C)CCOC(=O)C1CCCN1C1CCNCC1. The van der Waals surface area contributed by atoms with Gasteiger partial charge in [0.2, 0.25) is 0 Å². The minimum Gasteiger partial charge on any atom is -0.464 e. The van der Waals surface area contributed by atoms with E-state index in [2.05, 4.69) is 10.2 Å². The molecule has 0 spiro atoms. The van der Waals surface area contributed by atoms with Crippen molar-refractivity contribution in [3.05, 3.63) is 0 Å². The molecule has 2 saturated heterocycles. The first kappa shape index (κ1) is 16.7. The number of nitrogens with zero attached hydrogens (tertiary/aromatic N) is 1. The lowest BCUT2D eigenvalue weighted by atomic mass is 10.0. The summed E-state index contributed by atoms with van der Waals surface area (Å²) in [7, 11) is 1.69. The number of hydrogen-bond donors (Lipinski definition) is 1. The second-order valence-electron chi connectivity index (χ2n) is 6.76. The molecule has 0 aromatic heterocycles. The molecule has 0 aliphatic carbocycles. The van der Waals surface area contributed by atoms with Crippen LogP contribution < -0.4 is 5.32 Å². The van der Waals surface area contributed by atoms with Crippen LogP contribution in [0.15, 0.2) is 0 Å². The molecular weight excluding hydrogens is 268 g/mol. The van der Waals surface area contributed by atoms with Crippen molar-refractivity contribution in [2.24, 2.45) is 0 Å². The number of hydrogen-bond acceptors (Lipinski definition) is 5. The maximum Gasteiger partial charge on any atom is 0.323 e. The normalized spacial score (nSPS) is 25.2. The fraction of sp³-hybridized carbons (Fsp3) is 0.938. The van der Waals surface area contributed by atoms with Crippen molar-refractivity contribution in [2.45, 2.75) is 63.6 Å². The summed E-state index contributed by atoms with van der Waals surface area (Å²) in [5.74, 6) is -0.0436.